The summed E-state index contributed by atoms with van der Waals surface area (Å²) in [7, 11) is 0. The van der Waals surface area contributed by atoms with Crippen LogP contribution in [0.4, 0.5) is 0 Å². The Hall–Kier alpha value is -0.730. The fourth-order valence-corrected chi connectivity index (χ4v) is 1.53. The molecule has 1 saturated heterocycles. The number of epoxide rings is 1. The van der Waals surface area contributed by atoms with Crippen molar-refractivity contribution in [3.8, 4) is 5.75 Å². The van der Waals surface area contributed by atoms with Gasteiger partial charge < -0.3 is 9.47 Å². The Bertz CT molecular complexity index is 332. The van der Waals surface area contributed by atoms with E-state index in [1.807, 2.05) is 38.1 Å². The van der Waals surface area contributed by atoms with Crippen molar-refractivity contribution in [3.63, 3.8) is 0 Å². The Balaban J connectivity index is 2.09. The second-order valence-electron chi connectivity index (χ2n) is 3.98. The van der Waals surface area contributed by atoms with Gasteiger partial charge in [-0.15, -0.1) is 0 Å². The van der Waals surface area contributed by atoms with Crippen molar-refractivity contribution >= 4 is 11.6 Å². The molecule has 1 aromatic carbocycles. The molecule has 0 spiro atoms. The van der Waals surface area contributed by atoms with Crippen molar-refractivity contribution in [1.29, 1.82) is 0 Å². The van der Waals surface area contributed by atoms with E-state index in [1.54, 1.807) is 0 Å². The molecule has 0 aromatic heterocycles. The monoisotopic (exact) mass is 212 g/mol. The van der Waals surface area contributed by atoms with Crippen LogP contribution < -0.4 is 4.74 Å². The highest BCUT2D eigenvalue weighted by Gasteiger charge is 2.41. The molecule has 1 unspecified atom stereocenters. The summed E-state index contributed by atoms with van der Waals surface area (Å²) in [6.45, 7) is 4.82. The van der Waals surface area contributed by atoms with Gasteiger partial charge in [-0.2, -0.15) is 0 Å². The summed E-state index contributed by atoms with van der Waals surface area (Å²) in [5.74, 6) is 0.790. The summed E-state index contributed by atoms with van der Waals surface area (Å²) in [5, 5.41) is 0.690. The van der Waals surface area contributed by atoms with Gasteiger partial charge in [0.25, 0.3) is 0 Å². The maximum absolute atomic E-state index is 5.86. The Morgan fingerprint density at radius 2 is 2.21 bits per heavy atom. The van der Waals surface area contributed by atoms with Crippen LogP contribution in [-0.2, 0) is 4.74 Å². The molecule has 2 rings (SSSR count). The first-order valence-electron chi connectivity index (χ1n) is 4.64. The van der Waals surface area contributed by atoms with Gasteiger partial charge in [0.1, 0.15) is 17.5 Å². The maximum Gasteiger partial charge on any atom is 0.132 e. The predicted molar refractivity (Wildman–Crippen MR) is 55.9 cm³/mol. The summed E-state index contributed by atoms with van der Waals surface area (Å²) < 4.78 is 11.0. The van der Waals surface area contributed by atoms with Gasteiger partial charge in [-0.05, 0) is 32.0 Å². The van der Waals surface area contributed by atoms with Gasteiger partial charge in [0.2, 0.25) is 0 Å². The van der Waals surface area contributed by atoms with Crippen LogP contribution in [0.2, 0.25) is 5.02 Å². The molecule has 76 valence electrons. The zero-order valence-electron chi connectivity index (χ0n) is 8.29. The Labute approximate surface area is 88.8 Å². The Kier molecular flexibility index (Phi) is 2.41. The van der Waals surface area contributed by atoms with E-state index in [0.717, 1.165) is 12.4 Å². The molecule has 2 nitrogen and oxygen atoms in total. The van der Waals surface area contributed by atoms with Crippen molar-refractivity contribution in [1.82, 2.24) is 0 Å². The highest BCUT2D eigenvalue weighted by atomic mass is 35.5. The number of hydrogen-bond donors (Lipinski definition) is 0. The molecule has 0 radical (unpaired) electrons. The maximum atomic E-state index is 5.86. The van der Waals surface area contributed by atoms with Crippen molar-refractivity contribution in [2.75, 3.05) is 6.61 Å². The minimum Gasteiger partial charge on any atom is -0.485 e. The van der Waals surface area contributed by atoms with Crippen LogP contribution >= 0.6 is 11.6 Å². The summed E-state index contributed by atoms with van der Waals surface area (Å²) in [4.78, 5) is 0. The van der Waals surface area contributed by atoms with Crippen LogP contribution in [0.15, 0.2) is 24.3 Å². The fourth-order valence-electron chi connectivity index (χ4n) is 1.35. The summed E-state index contributed by atoms with van der Waals surface area (Å²) >= 11 is 5.86. The van der Waals surface area contributed by atoms with E-state index in [-0.39, 0.29) is 11.7 Å². The molecule has 3 heteroatoms. The molecule has 1 aliphatic rings. The van der Waals surface area contributed by atoms with E-state index in [9.17, 15) is 0 Å². The molecular formula is C11H13ClO2. The first-order chi connectivity index (χ1) is 6.58. The van der Waals surface area contributed by atoms with Gasteiger partial charge in [-0.25, -0.2) is 0 Å². The normalized spacial score (nSPS) is 20.6. The van der Waals surface area contributed by atoms with E-state index in [2.05, 4.69) is 0 Å². The Morgan fingerprint density at radius 1 is 1.50 bits per heavy atom. The fraction of sp³-hybridized carbons (Fsp3) is 0.455. The lowest BCUT2D eigenvalue weighted by molar-refractivity contribution is 0.0744. The van der Waals surface area contributed by atoms with Crippen LogP contribution in [0, 0.1) is 0 Å². The zero-order valence-corrected chi connectivity index (χ0v) is 9.04. The van der Waals surface area contributed by atoms with Crippen LogP contribution in [-0.4, -0.2) is 18.3 Å². The third-order valence-electron chi connectivity index (χ3n) is 2.29. The smallest absolute Gasteiger partial charge is 0.132 e. The second-order valence-corrected chi connectivity index (χ2v) is 4.42. The molecule has 1 fully saturated rings. The Morgan fingerprint density at radius 3 is 2.79 bits per heavy atom. The lowest BCUT2D eigenvalue weighted by atomic mass is 10.1. The molecule has 0 amide bonds. The standard InChI is InChI=1S/C11H13ClO2/c1-11(2,10-7-13-10)14-9-5-3-4-8(12)6-9/h3-6,10H,7H2,1-2H3. The SMILES string of the molecule is CC(C)(Oc1cccc(Cl)c1)C1CO1. The largest absolute Gasteiger partial charge is 0.485 e. The average Bonchev–Trinajstić information content (AvgIpc) is 2.84. The second kappa shape index (κ2) is 3.44. The van der Waals surface area contributed by atoms with E-state index >= 15 is 0 Å². The highest BCUT2D eigenvalue weighted by Crippen LogP contribution is 2.30. The molecule has 1 aliphatic heterocycles. The third kappa shape index (κ3) is 2.20. The minimum absolute atomic E-state index is 0.210. The first-order valence-corrected chi connectivity index (χ1v) is 5.02. The van der Waals surface area contributed by atoms with Gasteiger partial charge in [0.15, 0.2) is 0 Å². The van der Waals surface area contributed by atoms with Crippen LogP contribution in [0.5, 0.6) is 5.75 Å². The molecule has 0 N–H and O–H groups in total. The molecule has 14 heavy (non-hydrogen) atoms. The minimum atomic E-state index is -0.273. The van der Waals surface area contributed by atoms with Gasteiger partial charge >= 0.3 is 0 Å². The zero-order chi connectivity index (χ0) is 10.2. The van der Waals surface area contributed by atoms with Crippen molar-refractivity contribution < 1.29 is 9.47 Å². The molecule has 1 atom stereocenters. The molecular weight excluding hydrogens is 200 g/mol. The lowest BCUT2D eigenvalue weighted by Gasteiger charge is -2.24. The number of hydrogen-bond acceptors (Lipinski definition) is 2. The van der Waals surface area contributed by atoms with Crippen molar-refractivity contribution in [2.45, 2.75) is 25.6 Å². The van der Waals surface area contributed by atoms with E-state index in [0.29, 0.717) is 5.02 Å². The number of benzene rings is 1. The quantitative estimate of drug-likeness (QED) is 0.719. The summed E-state index contributed by atoms with van der Waals surface area (Å²) in [6.07, 6.45) is 0.210. The lowest BCUT2D eigenvalue weighted by Crippen LogP contribution is -2.34. The molecule has 1 aromatic rings. The predicted octanol–water partition coefficient (Wildman–Crippen LogP) is 2.90. The number of ether oxygens (including phenoxy) is 2. The van der Waals surface area contributed by atoms with E-state index in [1.165, 1.54) is 0 Å². The number of halogens is 1. The van der Waals surface area contributed by atoms with Gasteiger partial charge in [0, 0.05) is 5.02 Å². The molecule has 0 bridgehead atoms. The van der Waals surface area contributed by atoms with Crippen LogP contribution in [0.3, 0.4) is 0 Å². The van der Waals surface area contributed by atoms with Gasteiger partial charge in [-0.1, -0.05) is 17.7 Å². The third-order valence-corrected chi connectivity index (χ3v) is 2.52. The van der Waals surface area contributed by atoms with Crippen molar-refractivity contribution in [2.24, 2.45) is 0 Å². The van der Waals surface area contributed by atoms with E-state index in [4.69, 9.17) is 21.1 Å². The van der Waals surface area contributed by atoms with Crippen LogP contribution in [0.1, 0.15) is 13.8 Å². The molecule has 1 heterocycles. The van der Waals surface area contributed by atoms with Crippen LogP contribution in [0.25, 0.3) is 0 Å². The molecule has 0 saturated carbocycles. The first kappa shape index (κ1) is 9.81. The topological polar surface area (TPSA) is 21.8 Å². The summed E-state index contributed by atoms with van der Waals surface area (Å²) in [6, 6.07) is 7.41. The molecule has 0 aliphatic carbocycles. The van der Waals surface area contributed by atoms with E-state index < -0.39 is 0 Å². The summed E-state index contributed by atoms with van der Waals surface area (Å²) in [5.41, 5.74) is -0.273. The van der Waals surface area contributed by atoms with Crippen molar-refractivity contribution in [3.05, 3.63) is 29.3 Å². The average molecular weight is 213 g/mol. The van der Waals surface area contributed by atoms with Gasteiger partial charge in [-0.3, -0.25) is 0 Å². The highest BCUT2D eigenvalue weighted by molar-refractivity contribution is 6.30. The number of rotatable bonds is 3. The van der Waals surface area contributed by atoms with Gasteiger partial charge in [0.05, 0.1) is 6.61 Å².